The van der Waals surface area contributed by atoms with Gasteiger partial charge in [0, 0.05) is 28.7 Å². The van der Waals surface area contributed by atoms with Gasteiger partial charge in [-0.3, -0.25) is 4.79 Å². The maximum atomic E-state index is 12.7. The lowest BCUT2D eigenvalue weighted by Crippen LogP contribution is -2.18. The monoisotopic (exact) mass is 371 g/mol. The number of carbonyl (C=O) groups excluding carboxylic acids is 1. The van der Waals surface area contributed by atoms with Gasteiger partial charge < -0.3 is 4.57 Å². The molecule has 138 valence electrons. The SMILES string of the molecule is Cc1cc(/C=N\NC(=O)c2cccc(C(F)(F)F)c2)cn1-c1ccccc1. The van der Waals surface area contributed by atoms with Crippen molar-refractivity contribution in [3.05, 3.63) is 89.2 Å². The van der Waals surface area contributed by atoms with Crippen LogP contribution in [0.4, 0.5) is 13.2 Å². The molecule has 0 saturated carbocycles. The molecule has 0 radical (unpaired) electrons. The van der Waals surface area contributed by atoms with Crippen LogP contribution in [0.15, 0.2) is 72.0 Å². The average Bonchev–Trinajstić information content (AvgIpc) is 3.02. The number of nitrogens with zero attached hydrogens (tertiary/aromatic N) is 2. The van der Waals surface area contributed by atoms with Crippen molar-refractivity contribution in [1.29, 1.82) is 0 Å². The summed E-state index contributed by atoms with van der Waals surface area (Å²) in [4.78, 5) is 12.0. The first-order valence-corrected chi connectivity index (χ1v) is 8.10. The van der Waals surface area contributed by atoms with Crippen LogP contribution >= 0.6 is 0 Å². The van der Waals surface area contributed by atoms with Crippen molar-refractivity contribution < 1.29 is 18.0 Å². The highest BCUT2D eigenvalue weighted by Gasteiger charge is 2.30. The lowest BCUT2D eigenvalue weighted by atomic mass is 10.1. The first kappa shape index (κ1) is 18.4. The quantitative estimate of drug-likeness (QED) is 0.530. The van der Waals surface area contributed by atoms with Crippen LogP contribution in [0.5, 0.6) is 0 Å². The van der Waals surface area contributed by atoms with Gasteiger partial charge in [0.25, 0.3) is 5.91 Å². The van der Waals surface area contributed by atoms with Crippen LogP contribution in [0, 0.1) is 6.92 Å². The molecule has 0 atom stereocenters. The van der Waals surface area contributed by atoms with Gasteiger partial charge in [0.15, 0.2) is 0 Å². The molecule has 0 aliphatic heterocycles. The summed E-state index contributed by atoms with van der Waals surface area (Å²) in [7, 11) is 0. The zero-order chi connectivity index (χ0) is 19.4. The third kappa shape index (κ3) is 4.44. The maximum Gasteiger partial charge on any atom is 0.416 e. The van der Waals surface area contributed by atoms with Crippen molar-refractivity contribution in [2.45, 2.75) is 13.1 Å². The summed E-state index contributed by atoms with van der Waals surface area (Å²) in [5.41, 5.74) is 3.98. The van der Waals surface area contributed by atoms with Crippen molar-refractivity contribution in [1.82, 2.24) is 9.99 Å². The van der Waals surface area contributed by atoms with E-state index < -0.39 is 17.6 Å². The topological polar surface area (TPSA) is 46.4 Å². The smallest absolute Gasteiger partial charge is 0.321 e. The van der Waals surface area contributed by atoms with E-state index in [0.29, 0.717) is 0 Å². The molecule has 0 aliphatic rings. The van der Waals surface area contributed by atoms with E-state index in [9.17, 15) is 18.0 Å². The second-order valence-corrected chi connectivity index (χ2v) is 5.90. The van der Waals surface area contributed by atoms with E-state index in [1.165, 1.54) is 18.3 Å². The van der Waals surface area contributed by atoms with E-state index in [2.05, 4.69) is 10.5 Å². The summed E-state index contributed by atoms with van der Waals surface area (Å²) < 4.78 is 40.1. The highest BCUT2D eigenvalue weighted by atomic mass is 19.4. The van der Waals surface area contributed by atoms with Crippen molar-refractivity contribution in [3.63, 3.8) is 0 Å². The van der Waals surface area contributed by atoms with Gasteiger partial charge >= 0.3 is 6.18 Å². The molecule has 27 heavy (non-hydrogen) atoms. The number of alkyl halides is 3. The van der Waals surface area contributed by atoms with E-state index in [0.717, 1.165) is 29.1 Å². The number of halogens is 3. The van der Waals surface area contributed by atoms with Gasteiger partial charge in [-0.1, -0.05) is 24.3 Å². The number of amides is 1. The largest absolute Gasteiger partial charge is 0.416 e. The molecular weight excluding hydrogens is 355 g/mol. The van der Waals surface area contributed by atoms with E-state index in [-0.39, 0.29) is 5.56 Å². The van der Waals surface area contributed by atoms with Gasteiger partial charge in [0.2, 0.25) is 0 Å². The predicted octanol–water partition coefficient (Wildman–Crippen LogP) is 4.57. The lowest BCUT2D eigenvalue weighted by molar-refractivity contribution is -0.137. The number of rotatable bonds is 4. The van der Waals surface area contributed by atoms with Gasteiger partial charge in [0.1, 0.15) is 0 Å². The number of hydrazone groups is 1. The predicted molar refractivity (Wildman–Crippen MR) is 97.0 cm³/mol. The van der Waals surface area contributed by atoms with E-state index in [1.54, 1.807) is 0 Å². The molecule has 1 aromatic heterocycles. The molecule has 0 bridgehead atoms. The fourth-order valence-electron chi connectivity index (χ4n) is 2.60. The van der Waals surface area contributed by atoms with Gasteiger partial charge in [-0.15, -0.1) is 0 Å². The standard InChI is InChI=1S/C20H16F3N3O/c1-14-10-15(13-26(14)18-8-3-2-4-9-18)12-24-25-19(27)16-6-5-7-17(11-16)20(21,22)23/h2-13H,1H3,(H,25,27)/b24-12-. The number of para-hydroxylation sites is 1. The van der Waals surface area contributed by atoms with Crippen LogP contribution in [0.25, 0.3) is 5.69 Å². The number of aryl methyl sites for hydroxylation is 1. The van der Waals surface area contributed by atoms with Crippen LogP contribution in [0.3, 0.4) is 0 Å². The normalized spacial score (nSPS) is 11.7. The van der Waals surface area contributed by atoms with E-state index in [4.69, 9.17) is 0 Å². The molecule has 4 nitrogen and oxygen atoms in total. The first-order chi connectivity index (χ1) is 12.8. The average molecular weight is 371 g/mol. The minimum atomic E-state index is -4.50. The summed E-state index contributed by atoms with van der Waals surface area (Å²) in [6, 6.07) is 15.8. The van der Waals surface area contributed by atoms with Gasteiger partial charge in [-0.05, 0) is 43.3 Å². The summed E-state index contributed by atoms with van der Waals surface area (Å²) in [5.74, 6) is -0.712. The van der Waals surface area contributed by atoms with Crippen LogP contribution in [0.1, 0.15) is 27.2 Å². The first-order valence-electron chi connectivity index (χ1n) is 8.10. The minimum absolute atomic E-state index is 0.111. The molecular formula is C20H16F3N3O. The Hall–Kier alpha value is -3.35. The minimum Gasteiger partial charge on any atom is -0.321 e. The molecule has 1 heterocycles. The highest BCUT2D eigenvalue weighted by molar-refractivity contribution is 5.95. The molecule has 1 amide bonds. The number of nitrogens with one attached hydrogen (secondary N) is 1. The molecule has 0 unspecified atom stereocenters. The lowest BCUT2D eigenvalue weighted by Gasteiger charge is -2.07. The second kappa shape index (κ2) is 7.49. The Labute approximate surface area is 153 Å². The molecule has 2 aromatic carbocycles. The molecule has 3 aromatic rings. The van der Waals surface area contributed by atoms with Crippen LogP contribution in [-0.4, -0.2) is 16.7 Å². The second-order valence-electron chi connectivity index (χ2n) is 5.90. The molecule has 0 fully saturated rings. The number of benzene rings is 2. The Morgan fingerprint density at radius 1 is 1.07 bits per heavy atom. The van der Waals surface area contributed by atoms with Crippen LogP contribution < -0.4 is 5.43 Å². The van der Waals surface area contributed by atoms with Crippen LogP contribution in [0.2, 0.25) is 0 Å². The molecule has 0 saturated heterocycles. The van der Waals surface area contributed by atoms with Crippen LogP contribution in [-0.2, 0) is 6.18 Å². The molecule has 7 heteroatoms. The van der Waals surface area contributed by atoms with Crippen molar-refractivity contribution in [3.8, 4) is 5.69 Å². The number of hydrogen-bond donors (Lipinski definition) is 1. The number of hydrogen-bond acceptors (Lipinski definition) is 2. The molecule has 1 N–H and O–H groups in total. The van der Waals surface area contributed by atoms with Crippen molar-refractivity contribution in [2.24, 2.45) is 5.10 Å². The molecule has 0 spiro atoms. The van der Waals surface area contributed by atoms with Crippen molar-refractivity contribution in [2.75, 3.05) is 0 Å². The fourth-order valence-corrected chi connectivity index (χ4v) is 2.60. The number of aromatic nitrogens is 1. The summed E-state index contributed by atoms with van der Waals surface area (Å²) in [6.07, 6.45) is -1.21. The third-order valence-corrected chi connectivity index (χ3v) is 3.90. The van der Waals surface area contributed by atoms with Crippen molar-refractivity contribution >= 4 is 12.1 Å². The van der Waals surface area contributed by atoms with Gasteiger partial charge in [-0.2, -0.15) is 18.3 Å². The van der Waals surface area contributed by atoms with E-state index >= 15 is 0 Å². The van der Waals surface area contributed by atoms with Gasteiger partial charge in [-0.25, -0.2) is 5.43 Å². The van der Waals surface area contributed by atoms with Gasteiger partial charge in [0.05, 0.1) is 11.8 Å². The molecule has 0 aliphatic carbocycles. The highest BCUT2D eigenvalue weighted by Crippen LogP contribution is 2.29. The summed E-state index contributed by atoms with van der Waals surface area (Å²) in [6.45, 7) is 1.94. The Kier molecular flexibility index (Phi) is 5.12. The molecule has 3 rings (SSSR count). The summed E-state index contributed by atoms with van der Waals surface area (Å²) >= 11 is 0. The zero-order valence-corrected chi connectivity index (χ0v) is 14.4. The Balaban J connectivity index is 1.70. The van der Waals surface area contributed by atoms with E-state index in [1.807, 2.05) is 54.1 Å². The Morgan fingerprint density at radius 2 is 1.81 bits per heavy atom. The number of carbonyl (C=O) groups is 1. The Morgan fingerprint density at radius 3 is 2.52 bits per heavy atom. The maximum absolute atomic E-state index is 12.7. The zero-order valence-electron chi connectivity index (χ0n) is 14.4. The fraction of sp³-hybridized carbons (Fsp3) is 0.100. The summed E-state index contributed by atoms with van der Waals surface area (Å²) in [5, 5.41) is 3.84. The third-order valence-electron chi connectivity index (χ3n) is 3.90. The Bertz CT molecular complexity index is 976.